The first-order chi connectivity index (χ1) is 11.1. The maximum atomic E-state index is 14.5. The lowest BCUT2D eigenvalue weighted by Gasteiger charge is -2.26. The van der Waals surface area contributed by atoms with Gasteiger partial charge in [0.05, 0.1) is 0 Å². The molecule has 0 aliphatic heterocycles. The number of halogens is 2. The summed E-state index contributed by atoms with van der Waals surface area (Å²) in [6.45, 7) is 2.31. The van der Waals surface area contributed by atoms with Crippen molar-refractivity contribution >= 4 is 0 Å². The Morgan fingerprint density at radius 2 is 1.57 bits per heavy atom. The van der Waals surface area contributed by atoms with Crippen molar-refractivity contribution in [3.63, 3.8) is 0 Å². The van der Waals surface area contributed by atoms with E-state index in [1.54, 1.807) is 0 Å². The zero-order valence-corrected chi connectivity index (χ0v) is 14.4. The summed E-state index contributed by atoms with van der Waals surface area (Å²) in [5.41, 5.74) is 1.21. The number of hydrogen-bond acceptors (Lipinski definition) is 0. The Labute approximate surface area is 139 Å². The van der Waals surface area contributed by atoms with Gasteiger partial charge in [0.1, 0.15) is 0 Å². The minimum atomic E-state index is -0.572. The highest BCUT2D eigenvalue weighted by Crippen LogP contribution is 2.36. The van der Waals surface area contributed by atoms with Crippen molar-refractivity contribution in [1.82, 2.24) is 0 Å². The van der Waals surface area contributed by atoms with Gasteiger partial charge in [0.2, 0.25) is 0 Å². The zero-order chi connectivity index (χ0) is 16.2. The van der Waals surface area contributed by atoms with Crippen molar-refractivity contribution in [1.29, 1.82) is 0 Å². The van der Waals surface area contributed by atoms with Gasteiger partial charge in [0, 0.05) is 0 Å². The van der Waals surface area contributed by atoms with Crippen LogP contribution in [0.15, 0.2) is 12.1 Å². The Hall–Kier alpha value is -0.920. The first kappa shape index (κ1) is 16.9. The quantitative estimate of drug-likeness (QED) is 0.574. The molecule has 2 aliphatic rings. The van der Waals surface area contributed by atoms with Gasteiger partial charge in [-0.2, -0.15) is 0 Å². The lowest BCUT2D eigenvalue weighted by molar-refractivity contribution is 0.277. The molecule has 1 aromatic carbocycles. The van der Waals surface area contributed by atoms with Crippen LogP contribution < -0.4 is 0 Å². The minimum Gasteiger partial charge on any atom is -0.203 e. The third-order valence-electron chi connectivity index (χ3n) is 6.19. The second-order valence-electron chi connectivity index (χ2n) is 7.94. The number of aryl methyl sites for hydroxylation is 1. The summed E-state index contributed by atoms with van der Waals surface area (Å²) in [5, 5.41) is 0. The first-order valence-corrected chi connectivity index (χ1v) is 9.62. The van der Waals surface area contributed by atoms with E-state index >= 15 is 0 Å². The molecule has 0 nitrogen and oxygen atoms in total. The average Bonchev–Trinajstić information content (AvgIpc) is 2.58. The van der Waals surface area contributed by atoms with Crippen molar-refractivity contribution in [2.75, 3.05) is 0 Å². The van der Waals surface area contributed by atoms with Crippen molar-refractivity contribution in [3.05, 3.63) is 34.9 Å². The van der Waals surface area contributed by atoms with E-state index in [0.717, 1.165) is 38.0 Å². The summed E-state index contributed by atoms with van der Waals surface area (Å²) < 4.78 is 28.9. The fraction of sp³-hybridized carbons (Fsp3) is 0.714. The molecule has 1 aromatic rings. The molecule has 0 N–H and O–H groups in total. The fourth-order valence-electron chi connectivity index (χ4n) is 4.50. The molecular weight excluding hydrogens is 290 g/mol. The van der Waals surface area contributed by atoms with Gasteiger partial charge in [-0.15, -0.1) is 0 Å². The number of hydrogen-bond donors (Lipinski definition) is 0. The van der Waals surface area contributed by atoms with E-state index in [0.29, 0.717) is 23.5 Å². The minimum absolute atomic E-state index is 0.229. The van der Waals surface area contributed by atoms with Gasteiger partial charge in [0.15, 0.2) is 11.6 Å². The van der Waals surface area contributed by atoms with Gasteiger partial charge >= 0.3 is 0 Å². The van der Waals surface area contributed by atoms with Crippen LogP contribution >= 0.6 is 0 Å². The van der Waals surface area contributed by atoms with E-state index in [1.807, 2.05) is 12.1 Å². The van der Waals surface area contributed by atoms with E-state index < -0.39 is 11.6 Å². The van der Waals surface area contributed by atoms with Crippen molar-refractivity contribution < 1.29 is 8.78 Å². The van der Waals surface area contributed by atoms with Crippen LogP contribution in [0, 0.1) is 23.5 Å². The zero-order valence-electron chi connectivity index (χ0n) is 14.4. The maximum Gasteiger partial charge on any atom is 0.162 e. The standard InChI is InChI=1S/C21H30F2/c1-15-7-9-16(10-8-15)11-12-18-13-14-19(21(23)20(18)22)17-5-3-2-4-6-17/h13-17H,2-12H2,1H3. The molecule has 0 spiro atoms. The van der Waals surface area contributed by atoms with E-state index in [1.165, 1.54) is 32.1 Å². The summed E-state index contributed by atoms with van der Waals surface area (Å²) in [6, 6.07) is 3.72. The van der Waals surface area contributed by atoms with Gasteiger partial charge < -0.3 is 0 Å². The van der Waals surface area contributed by atoms with Crippen molar-refractivity contribution in [3.8, 4) is 0 Å². The van der Waals surface area contributed by atoms with Gasteiger partial charge in [-0.25, -0.2) is 8.78 Å². The summed E-state index contributed by atoms with van der Waals surface area (Å²) >= 11 is 0. The number of rotatable bonds is 4. The smallest absolute Gasteiger partial charge is 0.162 e. The Bertz CT molecular complexity index is 509. The van der Waals surface area contributed by atoms with Crippen LogP contribution in [0.4, 0.5) is 8.78 Å². The Morgan fingerprint density at radius 1 is 0.870 bits per heavy atom. The van der Waals surface area contributed by atoms with E-state index in [2.05, 4.69) is 6.92 Å². The molecule has 2 heteroatoms. The Balaban J connectivity index is 1.63. The molecule has 2 saturated carbocycles. The second kappa shape index (κ2) is 7.77. The van der Waals surface area contributed by atoms with E-state index in [-0.39, 0.29) is 5.92 Å². The predicted molar refractivity (Wildman–Crippen MR) is 91.6 cm³/mol. The van der Waals surface area contributed by atoms with Crippen LogP contribution in [0.3, 0.4) is 0 Å². The highest BCUT2D eigenvalue weighted by Gasteiger charge is 2.23. The normalized spacial score (nSPS) is 26.4. The molecular formula is C21H30F2. The third-order valence-corrected chi connectivity index (χ3v) is 6.19. The van der Waals surface area contributed by atoms with Gasteiger partial charge in [-0.05, 0) is 54.6 Å². The lowest BCUT2D eigenvalue weighted by Crippen LogP contribution is -2.14. The topological polar surface area (TPSA) is 0 Å². The van der Waals surface area contributed by atoms with Crippen LogP contribution in [0.2, 0.25) is 0 Å². The van der Waals surface area contributed by atoms with Crippen LogP contribution in [0.5, 0.6) is 0 Å². The van der Waals surface area contributed by atoms with Gasteiger partial charge in [0.25, 0.3) is 0 Å². The third kappa shape index (κ3) is 4.14. The molecule has 23 heavy (non-hydrogen) atoms. The van der Waals surface area contributed by atoms with Crippen LogP contribution in [0.25, 0.3) is 0 Å². The van der Waals surface area contributed by atoms with Gasteiger partial charge in [-0.3, -0.25) is 0 Å². The Morgan fingerprint density at radius 3 is 2.26 bits per heavy atom. The van der Waals surface area contributed by atoms with Gasteiger partial charge in [-0.1, -0.05) is 64.0 Å². The van der Waals surface area contributed by atoms with Crippen LogP contribution in [0.1, 0.15) is 88.2 Å². The SMILES string of the molecule is CC1CCC(CCc2ccc(C3CCCCC3)c(F)c2F)CC1. The molecule has 0 saturated heterocycles. The molecule has 0 unspecified atom stereocenters. The maximum absolute atomic E-state index is 14.5. The fourth-order valence-corrected chi connectivity index (χ4v) is 4.50. The lowest BCUT2D eigenvalue weighted by atomic mass is 9.80. The van der Waals surface area contributed by atoms with Crippen molar-refractivity contribution in [2.24, 2.45) is 11.8 Å². The van der Waals surface area contributed by atoms with Crippen LogP contribution in [-0.4, -0.2) is 0 Å². The molecule has 2 aliphatic carbocycles. The van der Waals surface area contributed by atoms with Crippen molar-refractivity contribution in [2.45, 2.75) is 83.5 Å². The van der Waals surface area contributed by atoms with Crippen LogP contribution in [-0.2, 0) is 6.42 Å². The summed E-state index contributed by atoms with van der Waals surface area (Å²) in [7, 11) is 0. The molecule has 0 atom stereocenters. The number of benzene rings is 1. The highest BCUT2D eigenvalue weighted by atomic mass is 19.2. The van der Waals surface area contributed by atoms with E-state index in [4.69, 9.17) is 0 Å². The highest BCUT2D eigenvalue weighted by molar-refractivity contribution is 5.29. The largest absolute Gasteiger partial charge is 0.203 e. The molecule has 0 heterocycles. The summed E-state index contributed by atoms with van der Waals surface area (Å²) in [5.74, 6) is 0.637. The summed E-state index contributed by atoms with van der Waals surface area (Å²) in [4.78, 5) is 0. The summed E-state index contributed by atoms with van der Waals surface area (Å²) in [6.07, 6.45) is 12.3. The van der Waals surface area contributed by atoms with E-state index in [9.17, 15) is 8.78 Å². The molecule has 3 rings (SSSR count). The first-order valence-electron chi connectivity index (χ1n) is 9.62. The average molecular weight is 320 g/mol. The molecule has 0 bridgehead atoms. The predicted octanol–water partition coefficient (Wildman–Crippen LogP) is 6.77. The molecule has 0 amide bonds. The second-order valence-corrected chi connectivity index (χ2v) is 7.94. The molecule has 0 aromatic heterocycles. The molecule has 2 fully saturated rings. The Kier molecular flexibility index (Phi) is 5.71. The molecule has 0 radical (unpaired) electrons. The monoisotopic (exact) mass is 320 g/mol. The molecule has 128 valence electrons.